The topological polar surface area (TPSA) is 59.5 Å². The molecule has 1 aliphatic carbocycles. The highest BCUT2D eigenvalue weighted by Crippen LogP contribution is 2.31. The van der Waals surface area contributed by atoms with Crippen molar-refractivity contribution >= 4 is 11.5 Å². The first kappa shape index (κ1) is 18.8. The molecule has 1 N–H and O–H groups in total. The summed E-state index contributed by atoms with van der Waals surface area (Å²) in [5.41, 5.74) is 3.71. The molecule has 1 aromatic carbocycles. The Morgan fingerprint density at radius 1 is 0.964 bits per heavy atom. The van der Waals surface area contributed by atoms with Crippen LogP contribution in [-0.2, 0) is 12.8 Å². The highest BCUT2D eigenvalue weighted by Gasteiger charge is 2.25. The van der Waals surface area contributed by atoms with Crippen LogP contribution < -0.4 is 19.7 Å². The third kappa shape index (κ3) is 4.01. The molecule has 2 aromatic rings. The lowest BCUT2D eigenvalue weighted by atomic mass is 9.95. The number of piperidine rings is 1. The van der Waals surface area contributed by atoms with E-state index in [1.807, 2.05) is 25.1 Å². The van der Waals surface area contributed by atoms with Gasteiger partial charge < -0.3 is 19.7 Å². The Morgan fingerprint density at radius 2 is 1.64 bits per heavy atom. The van der Waals surface area contributed by atoms with Crippen LogP contribution in [0.15, 0.2) is 18.2 Å². The average Bonchev–Trinajstić information content (AvgIpc) is 2.73. The number of anilines is 2. The fourth-order valence-corrected chi connectivity index (χ4v) is 4.32. The summed E-state index contributed by atoms with van der Waals surface area (Å²) in [6, 6.07) is 6.39. The second-order valence-corrected chi connectivity index (χ2v) is 7.73. The molecule has 28 heavy (non-hydrogen) atoms. The third-order valence-corrected chi connectivity index (χ3v) is 5.79. The number of nitrogens with zero attached hydrogens (tertiary/aromatic N) is 3. The van der Waals surface area contributed by atoms with Crippen LogP contribution >= 0.6 is 0 Å². The number of ether oxygens (including phenoxy) is 2. The standard InChI is InChI=1S/C22H30N4O2/c1-15-23-21-7-5-4-6-20(21)22(24-15)26-10-8-16(9-11-26)25-17-12-18(27-2)14-19(13-17)28-3/h12-14,16,25H,4-11H2,1-3H3. The van der Waals surface area contributed by atoms with Crippen LogP contribution in [0.3, 0.4) is 0 Å². The Bertz CT molecular complexity index is 809. The van der Waals surface area contributed by atoms with Crippen molar-refractivity contribution in [3.8, 4) is 11.5 Å². The van der Waals surface area contributed by atoms with Gasteiger partial charge in [-0.15, -0.1) is 0 Å². The van der Waals surface area contributed by atoms with Crippen molar-refractivity contribution in [2.24, 2.45) is 0 Å². The van der Waals surface area contributed by atoms with E-state index in [-0.39, 0.29) is 0 Å². The van der Waals surface area contributed by atoms with E-state index in [4.69, 9.17) is 19.4 Å². The molecule has 2 aliphatic rings. The molecule has 6 heteroatoms. The Kier molecular flexibility index (Phi) is 5.55. The van der Waals surface area contributed by atoms with E-state index < -0.39 is 0 Å². The predicted octanol–water partition coefficient (Wildman–Crippen LogP) is 3.76. The Hall–Kier alpha value is -2.50. The maximum absolute atomic E-state index is 5.38. The van der Waals surface area contributed by atoms with Crippen LogP contribution in [0.2, 0.25) is 0 Å². The zero-order valence-corrected chi connectivity index (χ0v) is 17.1. The molecule has 1 aromatic heterocycles. The van der Waals surface area contributed by atoms with Crippen LogP contribution in [-0.4, -0.2) is 43.3 Å². The van der Waals surface area contributed by atoms with E-state index in [1.165, 1.54) is 29.9 Å². The monoisotopic (exact) mass is 382 g/mol. The van der Waals surface area contributed by atoms with E-state index in [0.29, 0.717) is 6.04 Å². The lowest BCUT2D eigenvalue weighted by Crippen LogP contribution is -2.40. The summed E-state index contributed by atoms with van der Waals surface area (Å²) < 4.78 is 10.8. The maximum Gasteiger partial charge on any atom is 0.135 e. The van der Waals surface area contributed by atoms with Gasteiger partial charge in [-0.2, -0.15) is 0 Å². The first-order chi connectivity index (χ1) is 13.7. The molecule has 0 radical (unpaired) electrons. The van der Waals surface area contributed by atoms with Gasteiger partial charge >= 0.3 is 0 Å². The number of aromatic nitrogens is 2. The van der Waals surface area contributed by atoms with Crippen molar-refractivity contribution in [3.63, 3.8) is 0 Å². The smallest absolute Gasteiger partial charge is 0.135 e. The molecule has 0 spiro atoms. The first-order valence-corrected chi connectivity index (χ1v) is 10.3. The van der Waals surface area contributed by atoms with Crippen molar-refractivity contribution in [2.75, 3.05) is 37.5 Å². The van der Waals surface area contributed by atoms with E-state index >= 15 is 0 Å². The number of fused-ring (bicyclic) bond motifs is 1. The summed E-state index contributed by atoms with van der Waals surface area (Å²) in [5.74, 6) is 3.70. The summed E-state index contributed by atoms with van der Waals surface area (Å²) in [6.45, 7) is 4.05. The molecule has 6 nitrogen and oxygen atoms in total. The second-order valence-electron chi connectivity index (χ2n) is 7.73. The van der Waals surface area contributed by atoms with E-state index in [2.05, 4.69) is 10.2 Å². The maximum atomic E-state index is 5.38. The van der Waals surface area contributed by atoms with Crippen LogP contribution in [0.5, 0.6) is 11.5 Å². The number of nitrogens with one attached hydrogen (secondary N) is 1. The number of methoxy groups -OCH3 is 2. The van der Waals surface area contributed by atoms with Gasteiger partial charge in [0.15, 0.2) is 0 Å². The molecule has 150 valence electrons. The minimum atomic E-state index is 0.437. The van der Waals surface area contributed by atoms with Gasteiger partial charge in [-0.1, -0.05) is 0 Å². The van der Waals surface area contributed by atoms with Crippen LogP contribution in [0.1, 0.15) is 42.8 Å². The van der Waals surface area contributed by atoms with Crippen LogP contribution in [0, 0.1) is 6.92 Å². The molecular formula is C22H30N4O2. The van der Waals surface area contributed by atoms with Crippen molar-refractivity contribution in [2.45, 2.75) is 51.5 Å². The molecule has 0 unspecified atom stereocenters. The lowest BCUT2D eigenvalue weighted by molar-refractivity contribution is 0.394. The summed E-state index contributed by atoms with van der Waals surface area (Å²) in [4.78, 5) is 12.0. The van der Waals surface area contributed by atoms with Crippen molar-refractivity contribution < 1.29 is 9.47 Å². The molecule has 0 amide bonds. The number of hydrogen-bond donors (Lipinski definition) is 1. The number of benzene rings is 1. The van der Waals surface area contributed by atoms with Gasteiger partial charge in [0.05, 0.1) is 14.2 Å². The number of rotatable bonds is 5. The molecule has 0 saturated carbocycles. The lowest BCUT2D eigenvalue weighted by Gasteiger charge is -2.35. The minimum Gasteiger partial charge on any atom is -0.497 e. The molecule has 1 aliphatic heterocycles. The van der Waals surface area contributed by atoms with E-state index in [1.54, 1.807) is 14.2 Å². The molecule has 0 atom stereocenters. The quantitative estimate of drug-likeness (QED) is 0.850. The van der Waals surface area contributed by atoms with Gasteiger partial charge in [-0.3, -0.25) is 0 Å². The highest BCUT2D eigenvalue weighted by molar-refractivity contribution is 5.55. The summed E-state index contributed by atoms with van der Waals surface area (Å²) in [5, 5.41) is 3.66. The molecule has 4 rings (SSSR count). The van der Waals surface area contributed by atoms with Gasteiger partial charge in [-0.25, -0.2) is 9.97 Å². The zero-order valence-electron chi connectivity index (χ0n) is 17.1. The van der Waals surface area contributed by atoms with Gasteiger partial charge in [0, 0.05) is 54.3 Å². The largest absolute Gasteiger partial charge is 0.497 e. The molecule has 2 heterocycles. The van der Waals surface area contributed by atoms with E-state index in [9.17, 15) is 0 Å². The van der Waals surface area contributed by atoms with Crippen molar-refractivity contribution in [3.05, 3.63) is 35.3 Å². The Balaban J connectivity index is 1.44. The Labute approximate surface area is 167 Å². The van der Waals surface area contributed by atoms with Gasteiger partial charge in [0.1, 0.15) is 23.1 Å². The fraction of sp³-hybridized carbons (Fsp3) is 0.545. The SMILES string of the molecule is COc1cc(NC2CCN(c3nc(C)nc4c3CCCC4)CC2)cc(OC)c1. The fourth-order valence-electron chi connectivity index (χ4n) is 4.32. The highest BCUT2D eigenvalue weighted by atomic mass is 16.5. The number of hydrogen-bond acceptors (Lipinski definition) is 6. The predicted molar refractivity (Wildman–Crippen MR) is 112 cm³/mol. The summed E-state index contributed by atoms with van der Waals surface area (Å²) in [6.07, 6.45) is 6.88. The summed E-state index contributed by atoms with van der Waals surface area (Å²) in [7, 11) is 3.36. The van der Waals surface area contributed by atoms with Crippen molar-refractivity contribution in [1.82, 2.24) is 9.97 Å². The van der Waals surface area contributed by atoms with Gasteiger partial charge in [0.25, 0.3) is 0 Å². The molecule has 1 fully saturated rings. The van der Waals surface area contributed by atoms with Crippen LogP contribution in [0.4, 0.5) is 11.5 Å². The molecular weight excluding hydrogens is 352 g/mol. The number of aryl methyl sites for hydroxylation is 2. The Morgan fingerprint density at radius 3 is 2.32 bits per heavy atom. The summed E-state index contributed by atoms with van der Waals surface area (Å²) >= 11 is 0. The average molecular weight is 383 g/mol. The third-order valence-electron chi connectivity index (χ3n) is 5.79. The normalized spacial score (nSPS) is 17.2. The van der Waals surface area contributed by atoms with Crippen LogP contribution in [0.25, 0.3) is 0 Å². The van der Waals surface area contributed by atoms with Crippen molar-refractivity contribution in [1.29, 1.82) is 0 Å². The second kappa shape index (κ2) is 8.25. The molecule has 1 saturated heterocycles. The first-order valence-electron chi connectivity index (χ1n) is 10.3. The van der Waals surface area contributed by atoms with Gasteiger partial charge in [0.2, 0.25) is 0 Å². The molecule has 0 bridgehead atoms. The van der Waals surface area contributed by atoms with E-state index in [0.717, 1.165) is 61.8 Å². The zero-order chi connectivity index (χ0) is 19.5. The van der Waals surface area contributed by atoms with Gasteiger partial charge in [-0.05, 0) is 45.4 Å². The minimum absolute atomic E-state index is 0.437.